The standard InChI is InChI=1S/C10H13N5O/c1-7(2)9-11-6-15(12-9)10-8(5-16)4-14(3)13-10/h4-7H,1-3H3. The summed E-state index contributed by atoms with van der Waals surface area (Å²) in [6, 6.07) is 0. The highest BCUT2D eigenvalue weighted by Gasteiger charge is 2.12. The van der Waals surface area contributed by atoms with Crippen molar-refractivity contribution in [3.63, 3.8) is 0 Å². The first-order valence-electron chi connectivity index (χ1n) is 5.02. The maximum Gasteiger partial charge on any atom is 0.187 e. The molecule has 0 aromatic carbocycles. The third kappa shape index (κ3) is 1.73. The molecule has 2 rings (SSSR count). The highest BCUT2D eigenvalue weighted by atomic mass is 16.1. The van der Waals surface area contributed by atoms with Crippen LogP contribution in [0.4, 0.5) is 0 Å². The van der Waals surface area contributed by atoms with E-state index in [2.05, 4.69) is 15.2 Å². The molecule has 0 bridgehead atoms. The Bertz CT molecular complexity index is 511. The second kappa shape index (κ2) is 3.88. The average Bonchev–Trinajstić information content (AvgIpc) is 2.82. The van der Waals surface area contributed by atoms with Crippen molar-refractivity contribution in [2.24, 2.45) is 7.05 Å². The lowest BCUT2D eigenvalue weighted by Crippen LogP contribution is -2.01. The SMILES string of the molecule is CC(C)c1ncn(-c2nn(C)cc2C=O)n1. The Morgan fingerprint density at radius 1 is 1.38 bits per heavy atom. The fraction of sp³-hybridized carbons (Fsp3) is 0.400. The number of nitrogens with zero attached hydrogens (tertiary/aromatic N) is 5. The lowest BCUT2D eigenvalue weighted by Gasteiger charge is -1.97. The molecular formula is C10H13N5O. The van der Waals surface area contributed by atoms with E-state index in [0.29, 0.717) is 11.4 Å². The van der Waals surface area contributed by atoms with Crippen molar-refractivity contribution in [1.29, 1.82) is 0 Å². The third-order valence-corrected chi connectivity index (χ3v) is 2.21. The van der Waals surface area contributed by atoms with Crippen LogP contribution in [0.5, 0.6) is 0 Å². The summed E-state index contributed by atoms with van der Waals surface area (Å²) in [6.07, 6.45) is 3.99. The van der Waals surface area contributed by atoms with Gasteiger partial charge in [0.15, 0.2) is 17.9 Å². The minimum atomic E-state index is 0.254. The number of aldehydes is 1. The van der Waals surface area contributed by atoms with Gasteiger partial charge in [0.25, 0.3) is 0 Å². The summed E-state index contributed by atoms with van der Waals surface area (Å²) >= 11 is 0. The molecule has 0 aliphatic heterocycles. The van der Waals surface area contributed by atoms with Crippen LogP contribution >= 0.6 is 0 Å². The fourth-order valence-corrected chi connectivity index (χ4v) is 1.40. The Hall–Kier alpha value is -1.98. The molecule has 2 aromatic heterocycles. The molecule has 84 valence electrons. The molecule has 0 spiro atoms. The van der Waals surface area contributed by atoms with Gasteiger partial charge in [-0.25, -0.2) is 4.98 Å². The number of carbonyl (C=O) groups is 1. The highest BCUT2D eigenvalue weighted by Crippen LogP contribution is 2.12. The summed E-state index contributed by atoms with van der Waals surface area (Å²) in [5, 5.41) is 8.44. The number of carbonyl (C=O) groups excluding carboxylic acids is 1. The van der Waals surface area contributed by atoms with E-state index in [0.717, 1.165) is 12.1 Å². The van der Waals surface area contributed by atoms with Gasteiger partial charge in [0.05, 0.1) is 5.56 Å². The molecule has 16 heavy (non-hydrogen) atoms. The highest BCUT2D eigenvalue weighted by molar-refractivity contribution is 5.79. The maximum atomic E-state index is 10.8. The number of aromatic nitrogens is 5. The van der Waals surface area contributed by atoms with Crippen LogP contribution in [0, 0.1) is 0 Å². The number of rotatable bonds is 3. The van der Waals surface area contributed by atoms with Crippen LogP contribution in [0.2, 0.25) is 0 Å². The van der Waals surface area contributed by atoms with Gasteiger partial charge < -0.3 is 0 Å². The van der Waals surface area contributed by atoms with Gasteiger partial charge in [0.2, 0.25) is 0 Å². The van der Waals surface area contributed by atoms with E-state index in [1.165, 1.54) is 4.68 Å². The first-order chi connectivity index (χ1) is 7.61. The van der Waals surface area contributed by atoms with E-state index < -0.39 is 0 Å². The summed E-state index contributed by atoms with van der Waals surface area (Å²) in [6.45, 7) is 4.03. The summed E-state index contributed by atoms with van der Waals surface area (Å²) < 4.78 is 3.11. The van der Waals surface area contributed by atoms with Crippen LogP contribution in [-0.4, -0.2) is 30.8 Å². The fourth-order valence-electron chi connectivity index (χ4n) is 1.40. The van der Waals surface area contributed by atoms with Crippen molar-refractivity contribution in [3.8, 4) is 5.82 Å². The summed E-state index contributed by atoms with van der Waals surface area (Å²) in [7, 11) is 1.76. The van der Waals surface area contributed by atoms with Gasteiger partial charge in [0, 0.05) is 19.2 Å². The van der Waals surface area contributed by atoms with Gasteiger partial charge in [0.1, 0.15) is 6.33 Å². The smallest absolute Gasteiger partial charge is 0.187 e. The van der Waals surface area contributed by atoms with Crippen molar-refractivity contribution in [2.45, 2.75) is 19.8 Å². The Morgan fingerprint density at radius 3 is 2.69 bits per heavy atom. The summed E-state index contributed by atoms with van der Waals surface area (Å²) in [4.78, 5) is 15.0. The average molecular weight is 219 g/mol. The van der Waals surface area contributed by atoms with E-state index in [1.807, 2.05) is 13.8 Å². The monoisotopic (exact) mass is 219 g/mol. The van der Waals surface area contributed by atoms with Crippen LogP contribution in [0.1, 0.15) is 35.9 Å². The summed E-state index contributed by atoms with van der Waals surface area (Å²) in [5.74, 6) is 1.50. The van der Waals surface area contributed by atoms with E-state index in [1.54, 1.807) is 24.3 Å². The molecule has 0 unspecified atom stereocenters. The topological polar surface area (TPSA) is 65.6 Å². The molecular weight excluding hydrogens is 206 g/mol. The van der Waals surface area contributed by atoms with Gasteiger partial charge in [-0.2, -0.15) is 9.78 Å². The molecule has 0 amide bonds. The Kier molecular flexibility index (Phi) is 2.55. The predicted molar refractivity (Wildman–Crippen MR) is 57.6 cm³/mol. The molecule has 0 aliphatic rings. The van der Waals surface area contributed by atoms with Crippen LogP contribution in [-0.2, 0) is 7.05 Å². The van der Waals surface area contributed by atoms with Crippen molar-refractivity contribution in [3.05, 3.63) is 23.9 Å². The predicted octanol–water partition coefficient (Wildman–Crippen LogP) is 0.937. The molecule has 2 heterocycles. The Morgan fingerprint density at radius 2 is 2.12 bits per heavy atom. The molecule has 0 aliphatic carbocycles. The van der Waals surface area contributed by atoms with E-state index in [-0.39, 0.29) is 5.92 Å². The molecule has 0 saturated carbocycles. The van der Waals surface area contributed by atoms with Crippen LogP contribution < -0.4 is 0 Å². The van der Waals surface area contributed by atoms with Crippen molar-refractivity contribution < 1.29 is 4.79 Å². The minimum absolute atomic E-state index is 0.254. The third-order valence-electron chi connectivity index (χ3n) is 2.21. The number of aryl methyl sites for hydroxylation is 1. The molecule has 0 fully saturated rings. The first-order valence-corrected chi connectivity index (χ1v) is 5.02. The zero-order valence-electron chi connectivity index (χ0n) is 9.45. The van der Waals surface area contributed by atoms with Crippen LogP contribution in [0.3, 0.4) is 0 Å². The van der Waals surface area contributed by atoms with Gasteiger partial charge in [-0.1, -0.05) is 13.8 Å². The first kappa shape index (κ1) is 10.5. The summed E-state index contributed by atoms with van der Waals surface area (Å²) in [5.41, 5.74) is 0.503. The van der Waals surface area contributed by atoms with E-state index in [9.17, 15) is 4.79 Å². The molecule has 0 saturated heterocycles. The number of hydrogen-bond acceptors (Lipinski definition) is 4. The molecule has 0 radical (unpaired) electrons. The maximum absolute atomic E-state index is 10.8. The number of hydrogen-bond donors (Lipinski definition) is 0. The zero-order chi connectivity index (χ0) is 11.7. The van der Waals surface area contributed by atoms with Crippen LogP contribution in [0.15, 0.2) is 12.5 Å². The minimum Gasteiger partial charge on any atom is -0.298 e. The lowest BCUT2D eigenvalue weighted by molar-refractivity contribution is 0.112. The van der Waals surface area contributed by atoms with Gasteiger partial charge in [-0.15, -0.1) is 5.10 Å². The second-order valence-electron chi connectivity index (χ2n) is 3.90. The van der Waals surface area contributed by atoms with Crippen LogP contribution in [0.25, 0.3) is 5.82 Å². The second-order valence-corrected chi connectivity index (χ2v) is 3.90. The van der Waals surface area contributed by atoms with Gasteiger partial charge in [-0.3, -0.25) is 9.48 Å². The molecule has 0 N–H and O–H groups in total. The Balaban J connectivity index is 2.45. The lowest BCUT2D eigenvalue weighted by atomic mass is 10.2. The van der Waals surface area contributed by atoms with Crippen molar-refractivity contribution in [2.75, 3.05) is 0 Å². The quantitative estimate of drug-likeness (QED) is 0.720. The van der Waals surface area contributed by atoms with E-state index >= 15 is 0 Å². The molecule has 0 atom stereocenters. The zero-order valence-corrected chi connectivity index (χ0v) is 9.45. The van der Waals surface area contributed by atoms with Gasteiger partial charge in [-0.05, 0) is 0 Å². The van der Waals surface area contributed by atoms with E-state index in [4.69, 9.17) is 0 Å². The van der Waals surface area contributed by atoms with Gasteiger partial charge >= 0.3 is 0 Å². The normalized spacial score (nSPS) is 11.0. The molecule has 2 aromatic rings. The Labute approximate surface area is 92.9 Å². The molecule has 6 nitrogen and oxygen atoms in total. The van der Waals surface area contributed by atoms with Crippen molar-refractivity contribution in [1.82, 2.24) is 24.5 Å². The largest absolute Gasteiger partial charge is 0.298 e. The van der Waals surface area contributed by atoms with Crippen molar-refractivity contribution >= 4 is 6.29 Å². The molecule has 6 heteroatoms.